The van der Waals surface area contributed by atoms with Crippen LogP contribution in [0.25, 0.3) is 0 Å². The number of rotatable bonds is 6. The second-order valence-corrected chi connectivity index (χ2v) is 5.48. The quantitative estimate of drug-likeness (QED) is 0.799. The summed E-state index contributed by atoms with van der Waals surface area (Å²) in [6.45, 7) is 5.86. The van der Waals surface area contributed by atoms with Crippen molar-refractivity contribution in [3.8, 4) is 0 Å². The third kappa shape index (κ3) is 3.74. The highest BCUT2D eigenvalue weighted by Gasteiger charge is 2.08. The molecule has 2 rings (SSSR count). The Hall–Kier alpha value is -2.14. The van der Waals surface area contributed by atoms with Crippen LogP contribution in [0.3, 0.4) is 0 Å². The lowest BCUT2D eigenvalue weighted by molar-refractivity contribution is 0.0963. The van der Waals surface area contributed by atoms with Crippen molar-refractivity contribution in [2.45, 2.75) is 26.8 Å². The van der Waals surface area contributed by atoms with Gasteiger partial charge in [0.05, 0.1) is 5.69 Å². The Labute approximate surface area is 131 Å². The molecule has 0 spiro atoms. The molecule has 0 unspecified atom stereocenters. The first kappa shape index (κ1) is 16.2. The second-order valence-electron chi connectivity index (χ2n) is 5.48. The lowest BCUT2D eigenvalue weighted by Gasteiger charge is -2.07. The molecule has 2 aromatic rings. The molecule has 5 nitrogen and oxygen atoms in total. The summed E-state index contributed by atoms with van der Waals surface area (Å²) < 4.78 is 1.93. The fraction of sp³-hybridized carbons (Fsp3) is 0.412. The topological polar surface area (TPSA) is 59.0 Å². The van der Waals surface area contributed by atoms with E-state index in [1.54, 1.807) is 7.05 Å². The Balaban J connectivity index is 1.82. The minimum absolute atomic E-state index is 0.0537. The molecule has 0 radical (unpaired) electrons. The summed E-state index contributed by atoms with van der Waals surface area (Å²) in [7, 11) is 3.62. The van der Waals surface area contributed by atoms with Crippen LogP contribution in [0.15, 0.2) is 24.3 Å². The van der Waals surface area contributed by atoms with E-state index in [0.29, 0.717) is 5.56 Å². The zero-order valence-electron chi connectivity index (χ0n) is 13.7. The molecule has 1 amide bonds. The van der Waals surface area contributed by atoms with Gasteiger partial charge in [-0.1, -0.05) is 12.1 Å². The van der Waals surface area contributed by atoms with E-state index in [1.807, 2.05) is 36.0 Å². The monoisotopic (exact) mass is 300 g/mol. The van der Waals surface area contributed by atoms with E-state index in [0.717, 1.165) is 25.2 Å². The smallest absolute Gasteiger partial charge is 0.251 e. The number of nitrogens with zero attached hydrogens (tertiary/aromatic N) is 2. The summed E-state index contributed by atoms with van der Waals surface area (Å²) in [6, 6.07) is 7.67. The van der Waals surface area contributed by atoms with Crippen LogP contribution in [-0.4, -0.2) is 29.3 Å². The third-order valence-electron chi connectivity index (χ3n) is 3.98. The van der Waals surface area contributed by atoms with Crippen LogP contribution in [0.5, 0.6) is 0 Å². The highest BCUT2D eigenvalue weighted by molar-refractivity contribution is 5.93. The van der Waals surface area contributed by atoms with Crippen molar-refractivity contribution in [1.82, 2.24) is 20.4 Å². The first-order chi connectivity index (χ1) is 10.5. The number of hydrogen-bond acceptors (Lipinski definition) is 3. The van der Waals surface area contributed by atoms with Crippen LogP contribution in [-0.2, 0) is 20.0 Å². The Bertz CT molecular complexity index is 643. The second kappa shape index (κ2) is 7.22. The Kier molecular flexibility index (Phi) is 5.33. The summed E-state index contributed by atoms with van der Waals surface area (Å²) in [5.74, 6) is -0.0537. The molecule has 1 aromatic carbocycles. The molecule has 0 atom stereocenters. The normalized spacial score (nSPS) is 10.7. The van der Waals surface area contributed by atoms with Crippen LogP contribution >= 0.6 is 0 Å². The van der Waals surface area contributed by atoms with Gasteiger partial charge in [-0.3, -0.25) is 9.48 Å². The van der Waals surface area contributed by atoms with Crippen molar-refractivity contribution in [3.63, 3.8) is 0 Å². The highest BCUT2D eigenvalue weighted by Crippen LogP contribution is 2.12. The largest absolute Gasteiger partial charge is 0.355 e. The van der Waals surface area contributed by atoms with Crippen LogP contribution < -0.4 is 10.6 Å². The average molecular weight is 300 g/mol. The zero-order chi connectivity index (χ0) is 16.1. The molecule has 2 N–H and O–H groups in total. The van der Waals surface area contributed by atoms with E-state index in [4.69, 9.17) is 0 Å². The number of nitrogens with one attached hydrogen (secondary N) is 2. The van der Waals surface area contributed by atoms with Gasteiger partial charge in [0.25, 0.3) is 5.91 Å². The maximum Gasteiger partial charge on any atom is 0.251 e. The lowest BCUT2D eigenvalue weighted by Crippen LogP contribution is -2.19. The molecule has 0 saturated carbocycles. The van der Waals surface area contributed by atoms with Crippen molar-refractivity contribution in [2.75, 3.05) is 13.6 Å². The van der Waals surface area contributed by atoms with Crippen LogP contribution in [0.4, 0.5) is 0 Å². The summed E-state index contributed by atoms with van der Waals surface area (Å²) >= 11 is 0. The lowest BCUT2D eigenvalue weighted by atomic mass is 10.1. The Morgan fingerprint density at radius 3 is 2.45 bits per heavy atom. The molecule has 0 fully saturated rings. The Morgan fingerprint density at radius 2 is 1.91 bits per heavy atom. The number of carbonyl (C=O) groups is 1. The van der Waals surface area contributed by atoms with Gasteiger partial charge >= 0.3 is 0 Å². The van der Waals surface area contributed by atoms with Crippen LogP contribution in [0, 0.1) is 13.8 Å². The van der Waals surface area contributed by atoms with E-state index in [2.05, 4.69) is 29.6 Å². The predicted molar refractivity (Wildman–Crippen MR) is 87.9 cm³/mol. The molecular formula is C17H24N4O. The molecule has 0 aliphatic heterocycles. The standard InChI is InChI=1S/C17H24N4O/c1-12-16(13(2)21(4)20-12)9-10-19-11-14-5-7-15(8-6-14)17(22)18-3/h5-8,19H,9-11H2,1-4H3,(H,18,22). The van der Waals surface area contributed by atoms with Gasteiger partial charge in [0.15, 0.2) is 0 Å². The first-order valence-corrected chi connectivity index (χ1v) is 7.53. The zero-order valence-corrected chi connectivity index (χ0v) is 13.7. The van der Waals surface area contributed by atoms with Crippen molar-refractivity contribution in [2.24, 2.45) is 7.05 Å². The van der Waals surface area contributed by atoms with Gasteiger partial charge in [0.2, 0.25) is 0 Å². The van der Waals surface area contributed by atoms with Gasteiger partial charge in [-0.2, -0.15) is 5.10 Å². The fourth-order valence-corrected chi connectivity index (χ4v) is 2.54. The van der Waals surface area contributed by atoms with Crippen molar-refractivity contribution in [3.05, 3.63) is 52.3 Å². The minimum atomic E-state index is -0.0537. The summed E-state index contributed by atoms with van der Waals surface area (Å²) in [5.41, 5.74) is 5.52. The molecule has 0 bridgehead atoms. The van der Waals surface area contributed by atoms with E-state index < -0.39 is 0 Å². The van der Waals surface area contributed by atoms with E-state index >= 15 is 0 Å². The van der Waals surface area contributed by atoms with E-state index in [-0.39, 0.29) is 5.91 Å². The number of aromatic nitrogens is 2. The van der Waals surface area contributed by atoms with Crippen LogP contribution in [0.2, 0.25) is 0 Å². The molecule has 1 aromatic heterocycles. The molecule has 118 valence electrons. The molecule has 5 heteroatoms. The summed E-state index contributed by atoms with van der Waals surface area (Å²) in [5, 5.41) is 10.5. The third-order valence-corrected chi connectivity index (χ3v) is 3.98. The van der Waals surface area contributed by atoms with Gasteiger partial charge < -0.3 is 10.6 Å². The number of benzene rings is 1. The SMILES string of the molecule is CNC(=O)c1ccc(CNCCc2c(C)nn(C)c2C)cc1. The number of carbonyl (C=O) groups excluding carboxylic acids is 1. The van der Waals surface area contributed by atoms with Gasteiger partial charge in [-0.05, 0) is 50.1 Å². The van der Waals surface area contributed by atoms with Gasteiger partial charge in [0.1, 0.15) is 0 Å². The van der Waals surface area contributed by atoms with Crippen molar-refractivity contribution >= 4 is 5.91 Å². The molecule has 22 heavy (non-hydrogen) atoms. The Morgan fingerprint density at radius 1 is 1.23 bits per heavy atom. The van der Waals surface area contributed by atoms with Gasteiger partial charge in [0, 0.05) is 31.9 Å². The number of aryl methyl sites for hydroxylation is 2. The maximum atomic E-state index is 11.5. The average Bonchev–Trinajstić information content (AvgIpc) is 2.77. The summed E-state index contributed by atoms with van der Waals surface area (Å²) in [6.07, 6.45) is 0.974. The van der Waals surface area contributed by atoms with Gasteiger partial charge in [-0.15, -0.1) is 0 Å². The highest BCUT2D eigenvalue weighted by atomic mass is 16.1. The summed E-state index contributed by atoms with van der Waals surface area (Å²) in [4.78, 5) is 11.5. The number of hydrogen-bond donors (Lipinski definition) is 2. The van der Waals surface area contributed by atoms with Crippen molar-refractivity contribution in [1.29, 1.82) is 0 Å². The number of amides is 1. The van der Waals surface area contributed by atoms with E-state index in [9.17, 15) is 4.79 Å². The van der Waals surface area contributed by atoms with Gasteiger partial charge in [-0.25, -0.2) is 0 Å². The molecule has 0 aliphatic rings. The molecule has 0 aliphatic carbocycles. The maximum absolute atomic E-state index is 11.5. The first-order valence-electron chi connectivity index (χ1n) is 7.53. The predicted octanol–water partition coefficient (Wildman–Crippen LogP) is 1.73. The van der Waals surface area contributed by atoms with E-state index in [1.165, 1.54) is 16.8 Å². The molecular weight excluding hydrogens is 276 g/mol. The molecule has 0 saturated heterocycles. The minimum Gasteiger partial charge on any atom is -0.355 e. The van der Waals surface area contributed by atoms with Crippen molar-refractivity contribution < 1.29 is 4.79 Å². The molecule has 1 heterocycles. The van der Waals surface area contributed by atoms with Crippen LogP contribution in [0.1, 0.15) is 32.9 Å². The fourth-order valence-electron chi connectivity index (χ4n) is 2.54.